The van der Waals surface area contributed by atoms with Crippen molar-refractivity contribution in [2.45, 2.75) is 39.8 Å². The second kappa shape index (κ2) is 8.97. The zero-order valence-corrected chi connectivity index (χ0v) is 17.8. The second-order valence-corrected chi connectivity index (χ2v) is 8.53. The van der Waals surface area contributed by atoms with Crippen molar-refractivity contribution in [2.24, 2.45) is 0 Å². The fourth-order valence-electron chi connectivity index (χ4n) is 3.60. The van der Waals surface area contributed by atoms with Crippen molar-refractivity contribution in [3.8, 4) is 5.75 Å². The van der Waals surface area contributed by atoms with Crippen LogP contribution in [0.5, 0.6) is 5.75 Å². The first-order valence-corrected chi connectivity index (χ1v) is 10.2. The third-order valence-electron chi connectivity index (χ3n) is 4.85. The number of carbonyl (C=O) groups is 1. The van der Waals surface area contributed by atoms with Crippen LogP contribution in [0.1, 0.15) is 33.3 Å². The lowest BCUT2D eigenvalue weighted by Gasteiger charge is -2.35. The number of piperazine rings is 1. The summed E-state index contributed by atoms with van der Waals surface area (Å²) < 4.78 is 10.9. The van der Waals surface area contributed by atoms with E-state index in [0.717, 1.165) is 42.9 Å². The van der Waals surface area contributed by atoms with Gasteiger partial charge < -0.3 is 14.5 Å². The number of hydrogen-bond donors (Lipinski definition) is 1. The minimum absolute atomic E-state index is 0.0565. The Balaban J connectivity index is 1.64. The Morgan fingerprint density at radius 3 is 2.48 bits per heavy atom. The minimum atomic E-state index is -0.339. The van der Waals surface area contributed by atoms with Crippen molar-refractivity contribution >= 4 is 16.9 Å². The zero-order valence-electron chi connectivity index (χ0n) is 17.8. The Kier molecular flexibility index (Phi) is 6.59. The van der Waals surface area contributed by atoms with E-state index in [-0.39, 0.29) is 17.1 Å². The van der Waals surface area contributed by atoms with Crippen molar-refractivity contribution in [2.75, 3.05) is 39.3 Å². The maximum atomic E-state index is 12.1. The van der Waals surface area contributed by atoms with Crippen LogP contribution in [0, 0.1) is 0 Å². The molecule has 2 heterocycles. The first kappa shape index (κ1) is 21.3. The highest BCUT2D eigenvalue weighted by molar-refractivity contribution is 5.81. The van der Waals surface area contributed by atoms with Crippen LogP contribution in [0.25, 0.3) is 11.0 Å². The highest BCUT2D eigenvalue weighted by Crippen LogP contribution is 2.24. The van der Waals surface area contributed by atoms with Gasteiger partial charge in [0.1, 0.15) is 11.3 Å². The molecule has 1 N–H and O–H groups in total. The van der Waals surface area contributed by atoms with E-state index < -0.39 is 0 Å². The van der Waals surface area contributed by atoms with Gasteiger partial charge in [0, 0.05) is 49.7 Å². The number of fused-ring (bicyclic) bond motifs is 1. The summed E-state index contributed by atoms with van der Waals surface area (Å²) in [6.45, 7) is 12.9. The van der Waals surface area contributed by atoms with Crippen LogP contribution in [-0.2, 0) is 11.3 Å². The van der Waals surface area contributed by atoms with Gasteiger partial charge in [-0.2, -0.15) is 0 Å². The van der Waals surface area contributed by atoms with Crippen molar-refractivity contribution in [3.05, 3.63) is 40.2 Å². The average Bonchev–Trinajstić information content (AvgIpc) is 2.62. The van der Waals surface area contributed by atoms with Gasteiger partial charge in [-0.05, 0) is 51.5 Å². The summed E-state index contributed by atoms with van der Waals surface area (Å²) >= 11 is 0. The van der Waals surface area contributed by atoms with Gasteiger partial charge in [0.15, 0.2) is 0 Å². The van der Waals surface area contributed by atoms with Gasteiger partial charge in [0.25, 0.3) is 0 Å². The molecule has 0 spiro atoms. The first-order chi connectivity index (χ1) is 13.7. The third-order valence-corrected chi connectivity index (χ3v) is 4.85. The third kappa shape index (κ3) is 6.05. The lowest BCUT2D eigenvalue weighted by atomic mass is 10.1. The van der Waals surface area contributed by atoms with Crippen molar-refractivity contribution in [1.82, 2.24) is 15.1 Å². The summed E-state index contributed by atoms with van der Waals surface area (Å²) in [6, 6.07) is 7.11. The van der Waals surface area contributed by atoms with Gasteiger partial charge in [0.05, 0.1) is 13.2 Å². The van der Waals surface area contributed by atoms with Crippen LogP contribution >= 0.6 is 0 Å². The van der Waals surface area contributed by atoms with E-state index in [1.807, 2.05) is 39.8 Å². The van der Waals surface area contributed by atoms with E-state index in [2.05, 4.69) is 15.1 Å². The molecular weight excluding hydrogens is 370 g/mol. The number of hydrogen-bond acceptors (Lipinski definition) is 6. The number of amides is 1. The van der Waals surface area contributed by atoms with Gasteiger partial charge in [-0.1, -0.05) is 0 Å². The molecular formula is C22H31N3O4. The summed E-state index contributed by atoms with van der Waals surface area (Å²) in [5.74, 6) is 0.825. The van der Waals surface area contributed by atoms with Gasteiger partial charge in [-0.3, -0.25) is 14.6 Å². The van der Waals surface area contributed by atoms with Crippen LogP contribution in [0.3, 0.4) is 0 Å². The second-order valence-electron chi connectivity index (χ2n) is 8.53. The van der Waals surface area contributed by atoms with Crippen molar-refractivity contribution in [3.63, 3.8) is 0 Å². The number of rotatable bonds is 6. The molecule has 1 amide bonds. The van der Waals surface area contributed by atoms with E-state index in [4.69, 9.17) is 9.15 Å². The van der Waals surface area contributed by atoms with Gasteiger partial charge >= 0.3 is 5.63 Å². The molecule has 3 rings (SSSR count). The van der Waals surface area contributed by atoms with E-state index in [1.165, 1.54) is 0 Å². The maximum Gasteiger partial charge on any atom is 0.336 e. The molecule has 1 fully saturated rings. The topological polar surface area (TPSA) is 75.0 Å². The lowest BCUT2D eigenvalue weighted by molar-refractivity contribution is -0.124. The highest BCUT2D eigenvalue weighted by Gasteiger charge is 2.22. The fraction of sp³-hybridized carbons (Fsp3) is 0.545. The summed E-state index contributed by atoms with van der Waals surface area (Å²) in [5, 5.41) is 3.91. The van der Waals surface area contributed by atoms with Crippen LogP contribution in [0.4, 0.5) is 0 Å². The van der Waals surface area contributed by atoms with Gasteiger partial charge in [0.2, 0.25) is 5.91 Å². The van der Waals surface area contributed by atoms with Crippen LogP contribution < -0.4 is 15.7 Å². The van der Waals surface area contributed by atoms with Crippen molar-refractivity contribution in [1.29, 1.82) is 0 Å². The Bertz CT molecular complexity index is 908. The fourth-order valence-corrected chi connectivity index (χ4v) is 3.60. The molecule has 7 heteroatoms. The van der Waals surface area contributed by atoms with E-state index in [9.17, 15) is 9.59 Å². The Hall–Kier alpha value is -2.38. The molecule has 0 radical (unpaired) electrons. The van der Waals surface area contributed by atoms with E-state index in [1.54, 1.807) is 12.1 Å². The SMILES string of the molecule is CCOc1ccc2oc(=O)cc(CN3CCN(CC(=O)NC(C)(C)C)CC3)c2c1. The Morgan fingerprint density at radius 2 is 1.83 bits per heavy atom. The van der Waals surface area contributed by atoms with Crippen LogP contribution in [0.2, 0.25) is 0 Å². The largest absolute Gasteiger partial charge is 0.494 e. The molecule has 1 aliphatic rings. The maximum absolute atomic E-state index is 12.1. The zero-order chi connectivity index (χ0) is 21.0. The molecule has 0 atom stereocenters. The number of nitrogens with zero attached hydrogens (tertiary/aromatic N) is 2. The summed E-state index contributed by atoms with van der Waals surface area (Å²) in [5.41, 5.74) is 0.966. The molecule has 0 unspecified atom stereocenters. The molecule has 0 saturated carbocycles. The number of carbonyl (C=O) groups excluding carboxylic acids is 1. The molecule has 158 valence electrons. The lowest BCUT2D eigenvalue weighted by Crippen LogP contribution is -2.51. The monoisotopic (exact) mass is 401 g/mol. The van der Waals surface area contributed by atoms with Gasteiger partial charge in [-0.15, -0.1) is 0 Å². The smallest absolute Gasteiger partial charge is 0.336 e. The summed E-state index contributed by atoms with van der Waals surface area (Å²) in [6.07, 6.45) is 0. The van der Waals surface area contributed by atoms with Gasteiger partial charge in [-0.25, -0.2) is 4.79 Å². The number of benzene rings is 1. The predicted octanol–water partition coefficient (Wildman–Crippen LogP) is 2.22. The van der Waals surface area contributed by atoms with Crippen molar-refractivity contribution < 1.29 is 13.9 Å². The highest BCUT2D eigenvalue weighted by atomic mass is 16.5. The molecule has 1 aromatic heterocycles. The average molecular weight is 402 g/mol. The van der Waals surface area contributed by atoms with Crippen LogP contribution in [-0.4, -0.2) is 60.6 Å². The number of ether oxygens (including phenoxy) is 1. The summed E-state index contributed by atoms with van der Waals surface area (Å²) in [7, 11) is 0. The molecule has 1 aromatic carbocycles. The molecule has 2 aromatic rings. The molecule has 0 aliphatic carbocycles. The molecule has 1 saturated heterocycles. The quantitative estimate of drug-likeness (QED) is 0.748. The number of nitrogens with one attached hydrogen (secondary N) is 1. The van der Waals surface area contributed by atoms with E-state index in [0.29, 0.717) is 25.3 Å². The summed E-state index contributed by atoms with van der Waals surface area (Å²) in [4.78, 5) is 28.6. The predicted molar refractivity (Wildman–Crippen MR) is 113 cm³/mol. The molecule has 1 aliphatic heterocycles. The molecule has 29 heavy (non-hydrogen) atoms. The Labute approximate surface area is 171 Å². The Morgan fingerprint density at radius 1 is 1.14 bits per heavy atom. The molecule has 0 bridgehead atoms. The normalized spacial score (nSPS) is 16.1. The standard InChI is InChI=1S/C22H31N3O4/c1-5-28-17-6-7-19-18(13-17)16(12-21(27)29-19)14-24-8-10-25(11-9-24)15-20(26)23-22(2,3)4/h6-7,12-13H,5,8-11,14-15H2,1-4H3,(H,23,26). The van der Waals surface area contributed by atoms with E-state index >= 15 is 0 Å². The van der Waals surface area contributed by atoms with Crippen LogP contribution in [0.15, 0.2) is 33.5 Å². The minimum Gasteiger partial charge on any atom is -0.494 e. The first-order valence-electron chi connectivity index (χ1n) is 10.2. The molecule has 7 nitrogen and oxygen atoms in total.